The number of amidine groups is 1. The van der Waals surface area contributed by atoms with Crippen molar-refractivity contribution >= 4 is 11.9 Å². The van der Waals surface area contributed by atoms with Gasteiger partial charge < -0.3 is 15.8 Å². The van der Waals surface area contributed by atoms with E-state index in [2.05, 4.69) is 10.3 Å². The summed E-state index contributed by atoms with van der Waals surface area (Å²) in [5.41, 5.74) is 4.37. The Morgan fingerprint density at radius 3 is 2.33 bits per heavy atom. The highest BCUT2D eigenvalue weighted by Crippen LogP contribution is 2.46. The smallest absolute Gasteiger partial charge is 0.343 e. The van der Waals surface area contributed by atoms with Gasteiger partial charge in [0.05, 0.1) is 11.2 Å². The monoisotopic (exact) mass is 211 g/mol. The minimum Gasteiger partial charge on any atom is -0.385 e. The molecule has 1 saturated heterocycles. The molecule has 2 amide bonds. The summed E-state index contributed by atoms with van der Waals surface area (Å²) in [7, 11) is 0. The molecule has 0 radical (unpaired) electrons. The molecule has 2 aliphatic heterocycles. The van der Waals surface area contributed by atoms with Gasteiger partial charge in [0.25, 0.3) is 0 Å². The topological polar surface area (TPSA) is 76.7 Å². The van der Waals surface area contributed by atoms with Gasteiger partial charge >= 0.3 is 6.03 Å². The molecule has 0 aromatic rings. The molecule has 1 atom stereocenters. The summed E-state index contributed by atoms with van der Waals surface area (Å²) in [5, 5.41) is 2.83. The van der Waals surface area contributed by atoms with Gasteiger partial charge in [0.2, 0.25) is 0 Å². The van der Waals surface area contributed by atoms with E-state index in [1.54, 1.807) is 0 Å². The SMILES string of the molecule is CC1(C)CC2(NC(=O)N=C2N)C(C)(C)O1. The van der Waals surface area contributed by atoms with Crippen LogP contribution in [0.5, 0.6) is 0 Å². The van der Waals surface area contributed by atoms with E-state index in [9.17, 15) is 4.79 Å². The molecule has 0 aromatic carbocycles. The van der Waals surface area contributed by atoms with Crippen molar-refractivity contribution in [2.24, 2.45) is 10.7 Å². The highest BCUT2D eigenvalue weighted by Gasteiger charge is 2.62. The standard InChI is InChI=1S/C10H17N3O2/c1-8(2)5-10(9(3,4)15-8)6(11)12-7(14)13-10/h5H2,1-4H3,(H3,11,12,13,14). The van der Waals surface area contributed by atoms with E-state index in [1.165, 1.54) is 0 Å². The van der Waals surface area contributed by atoms with Gasteiger partial charge in [-0.15, -0.1) is 0 Å². The first-order valence-electron chi connectivity index (χ1n) is 5.06. The number of aliphatic imine (C=N–C) groups is 1. The van der Waals surface area contributed by atoms with Crippen molar-refractivity contribution in [2.45, 2.75) is 50.9 Å². The van der Waals surface area contributed by atoms with E-state index < -0.39 is 11.1 Å². The molecule has 1 spiro atoms. The number of carbonyl (C=O) groups excluding carboxylic acids is 1. The molecule has 1 unspecified atom stereocenters. The highest BCUT2D eigenvalue weighted by molar-refractivity contribution is 6.07. The summed E-state index contributed by atoms with van der Waals surface area (Å²) in [6.07, 6.45) is 0.647. The molecular weight excluding hydrogens is 194 g/mol. The number of rotatable bonds is 0. The number of ether oxygens (including phenoxy) is 1. The van der Waals surface area contributed by atoms with Crippen molar-refractivity contribution in [3.8, 4) is 0 Å². The van der Waals surface area contributed by atoms with Crippen molar-refractivity contribution in [3.05, 3.63) is 0 Å². The normalized spacial score (nSPS) is 36.8. The van der Waals surface area contributed by atoms with Gasteiger partial charge in [0.15, 0.2) is 0 Å². The fourth-order valence-electron chi connectivity index (χ4n) is 2.74. The molecule has 2 rings (SSSR count). The quantitative estimate of drug-likeness (QED) is 0.621. The minimum atomic E-state index is -0.645. The molecule has 5 nitrogen and oxygen atoms in total. The molecule has 84 valence electrons. The lowest BCUT2D eigenvalue weighted by Crippen LogP contribution is -2.62. The Morgan fingerprint density at radius 1 is 1.40 bits per heavy atom. The van der Waals surface area contributed by atoms with Crippen LogP contribution in [0, 0.1) is 0 Å². The molecule has 0 saturated carbocycles. The van der Waals surface area contributed by atoms with Gasteiger partial charge in [-0.25, -0.2) is 4.79 Å². The van der Waals surface area contributed by atoms with Gasteiger partial charge in [-0.3, -0.25) is 0 Å². The molecule has 0 aromatic heterocycles. The van der Waals surface area contributed by atoms with Crippen molar-refractivity contribution in [1.29, 1.82) is 0 Å². The van der Waals surface area contributed by atoms with Crippen molar-refractivity contribution < 1.29 is 9.53 Å². The maximum atomic E-state index is 11.3. The lowest BCUT2D eigenvalue weighted by molar-refractivity contribution is -0.0737. The van der Waals surface area contributed by atoms with Crippen LogP contribution in [0.4, 0.5) is 4.79 Å². The van der Waals surface area contributed by atoms with Crippen LogP contribution < -0.4 is 11.1 Å². The molecule has 15 heavy (non-hydrogen) atoms. The first-order chi connectivity index (χ1) is 6.69. The number of hydrogen-bond donors (Lipinski definition) is 2. The number of nitrogens with one attached hydrogen (secondary N) is 1. The lowest BCUT2D eigenvalue weighted by Gasteiger charge is -2.35. The number of nitrogens with two attached hydrogens (primary N) is 1. The second-order valence-electron chi connectivity index (χ2n) is 5.38. The van der Waals surface area contributed by atoms with Gasteiger partial charge in [-0.2, -0.15) is 4.99 Å². The molecule has 1 fully saturated rings. The van der Waals surface area contributed by atoms with Crippen molar-refractivity contribution in [1.82, 2.24) is 5.32 Å². The second-order valence-corrected chi connectivity index (χ2v) is 5.38. The van der Waals surface area contributed by atoms with Crippen LogP contribution in [0.1, 0.15) is 34.1 Å². The third-order valence-electron chi connectivity index (χ3n) is 3.23. The summed E-state index contributed by atoms with van der Waals surface area (Å²) >= 11 is 0. The molecule has 0 aliphatic carbocycles. The largest absolute Gasteiger partial charge is 0.385 e. The molecular formula is C10H17N3O2. The Hall–Kier alpha value is -1.10. The highest BCUT2D eigenvalue weighted by atomic mass is 16.5. The fraction of sp³-hybridized carbons (Fsp3) is 0.800. The second kappa shape index (κ2) is 2.52. The summed E-state index contributed by atoms with van der Waals surface area (Å²) in [6.45, 7) is 7.83. The minimum absolute atomic E-state index is 0.304. The third-order valence-corrected chi connectivity index (χ3v) is 3.23. The maximum Gasteiger partial charge on any atom is 0.343 e. The number of urea groups is 1. The fourth-order valence-corrected chi connectivity index (χ4v) is 2.74. The first kappa shape index (κ1) is 10.4. The Morgan fingerprint density at radius 2 is 2.00 bits per heavy atom. The predicted octanol–water partition coefficient (Wildman–Crippen LogP) is 0.783. The molecule has 2 heterocycles. The average Bonchev–Trinajstić information content (AvgIpc) is 2.31. The predicted molar refractivity (Wildman–Crippen MR) is 56.7 cm³/mol. The lowest BCUT2D eigenvalue weighted by atomic mass is 9.78. The molecule has 2 aliphatic rings. The molecule has 5 heteroatoms. The number of nitrogens with zero attached hydrogens (tertiary/aromatic N) is 1. The summed E-state index contributed by atoms with van der Waals surface area (Å²) < 4.78 is 5.92. The van der Waals surface area contributed by atoms with Crippen LogP contribution in [-0.2, 0) is 4.74 Å². The first-order valence-corrected chi connectivity index (χ1v) is 5.06. The Bertz CT molecular complexity index is 360. The van der Waals surface area contributed by atoms with E-state index in [0.29, 0.717) is 12.3 Å². The van der Waals surface area contributed by atoms with E-state index in [4.69, 9.17) is 10.5 Å². The summed E-state index contributed by atoms with van der Waals surface area (Å²) in [4.78, 5) is 15.0. The zero-order chi connectivity index (χ0) is 11.5. The van der Waals surface area contributed by atoms with Crippen molar-refractivity contribution in [2.75, 3.05) is 0 Å². The number of hydrogen-bond acceptors (Lipinski definition) is 3. The van der Waals surface area contributed by atoms with Crippen LogP contribution in [0.15, 0.2) is 4.99 Å². The van der Waals surface area contributed by atoms with Gasteiger partial charge in [0.1, 0.15) is 11.4 Å². The summed E-state index contributed by atoms with van der Waals surface area (Å²) in [6, 6.07) is -0.373. The Labute approximate surface area is 89.1 Å². The van der Waals surface area contributed by atoms with E-state index in [1.807, 2.05) is 27.7 Å². The van der Waals surface area contributed by atoms with Gasteiger partial charge in [-0.1, -0.05) is 0 Å². The van der Waals surface area contributed by atoms with Crippen LogP contribution in [0.3, 0.4) is 0 Å². The maximum absolute atomic E-state index is 11.3. The number of carbonyl (C=O) groups is 1. The average molecular weight is 211 g/mol. The molecule has 3 N–H and O–H groups in total. The Kier molecular flexibility index (Phi) is 1.75. The van der Waals surface area contributed by atoms with E-state index in [0.717, 1.165) is 0 Å². The third kappa shape index (κ3) is 1.26. The molecule has 0 bridgehead atoms. The van der Waals surface area contributed by atoms with Crippen LogP contribution in [0.2, 0.25) is 0 Å². The Balaban J connectivity index is 2.46. The summed E-state index contributed by atoms with van der Waals surface area (Å²) in [5.74, 6) is 0.336. The van der Waals surface area contributed by atoms with Gasteiger partial charge in [-0.05, 0) is 27.7 Å². The van der Waals surface area contributed by atoms with Crippen molar-refractivity contribution in [3.63, 3.8) is 0 Å². The van der Waals surface area contributed by atoms with Crippen LogP contribution in [-0.4, -0.2) is 28.6 Å². The van der Waals surface area contributed by atoms with Gasteiger partial charge in [0, 0.05) is 6.42 Å². The van der Waals surface area contributed by atoms with Crippen LogP contribution >= 0.6 is 0 Å². The van der Waals surface area contributed by atoms with E-state index >= 15 is 0 Å². The number of amides is 2. The zero-order valence-corrected chi connectivity index (χ0v) is 9.55. The van der Waals surface area contributed by atoms with E-state index in [-0.39, 0.29) is 11.6 Å². The zero-order valence-electron chi connectivity index (χ0n) is 9.55. The van der Waals surface area contributed by atoms with Crippen LogP contribution in [0.25, 0.3) is 0 Å².